The molecule has 0 saturated heterocycles. The Hall–Kier alpha value is -2.04. The van der Waals surface area contributed by atoms with Gasteiger partial charge in [-0.3, -0.25) is 4.99 Å². The summed E-state index contributed by atoms with van der Waals surface area (Å²) in [5.74, 6) is 1.74. The standard InChI is InChI=1S/C20H22N2O2.ClH/c1-2-14-24-16-10-8-15(9-11-16)20(23)18-7-4-3-6-17(18)19-21-12-5-13-22(19)20;/h3-4,6-11,23H,2,5,12-14H2,1H3;1H. The van der Waals surface area contributed by atoms with Crippen molar-refractivity contribution in [1.29, 1.82) is 0 Å². The van der Waals surface area contributed by atoms with Crippen molar-refractivity contribution in [2.24, 2.45) is 4.99 Å². The number of amidine groups is 1. The second-order valence-corrected chi connectivity index (χ2v) is 6.30. The average Bonchev–Trinajstić information content (AvgIpc) is 2.91. The molecule has 2 aromatic carbocycles. The van der Waals surface area contributed by atoms with Gasteiger partial charge in [-0.2, -0.15) is 0 Å². The van der Waals surface area contributed by atoms with Gasteiger partial charge in [0.05, 0.1) is 6.61 Å². The van der Waals surface area contributed by atoms with Crippen LogP contribution in [0.15, 0.2) is 53.5 Å². The first-order chi connectivity index (χ1) is 11.7. The molecule has 0 spiro atoms. The van der Waals surface area contributed by atoms with Crippen molar-refractivity contribution in [2.75, 3.05) is 19.7 Å². The number of rotatable bonds is 4. The van der Waals surface area contributed by atoms with Crippen molar-refractivity contribution in [2.45, 2.75) is 25.5 Å². The van der Waals surface area contributed by atoms with Gasteiger partial charge < -0.3 is 14.7 Å². The SMILES string of the molecule is CCCOc1ccc(C2(O)c3ccccc3C3=NCCCN32)cc1.Cl. The third-order valence-corrected chi connectivity index (χ3v) is 4.72. The van der Waals surface area contributed by atoms with Crippen LogP contribution in [0.3, 0.4) is 0 Å². The number of halogens is 1. The van der Waals surface area contributed by atoms with E-state index in [-0.39, 0.29) is 12.4 Å². The molecule has 1 atom stereocenters. The molecule has 25 heavy (non-hydrogen) atoms. The number of fused-ring (bicyclic) bond motifs is 3. The third kappa shape index (κ3) is 2.79. The van der Waals surface area contributed by atoms with Crippen LogP contribution >= 0.6 is 12.4 Å². The summed E-state index contributed by atoms with van der Waals surface area (Å²) in [5.41, 5.74) is 1.64. The van der Waals surface area contributed by atoms with Crippen LogP contribution in [-0.4, -0.2) is 35.5 Å². The molecular formula is C20H23ClN2O2. The van der Waals surface area contributed by atoms with Crippen LogP contribution in [0.2, 0.25) is 0 Å². The fourth-order valence-corrected chi connectivity index (χ4v) is 3.59. The average molecular weight is 359 g/mol. The molecular weight excluding hydrogens is 336 g/mol. The molecule has 2 aliphatic rings. The van der Waals surface area contributed by atoms with Crippen molar-refractivity contribution in [3.63, 3.8) is 0 Å². The summed E-state index contributed by atoms with van der Waals surface area (Å²) in [6.07, 6.45) is 1.93. The van der Waals surface area contributed by atoms with Crippen LogP contribution in [0.4, 0.5) is 0 Å². The Morgan fingerprint density at radius 2 is 1.92 bits per heavy atom. The van der Waals surface area contributed by atoms with Gasteiger partial charge in [0.1, 0.15) is 11.6 Å². The van der Waals surface area contributed by atoms with Gasteiger partial charge in [0.2, 0.25) is 0 Å². The monoisotopic (exact) mass is 358 g/mol. The molecule has 4 nitrogen and oxygen atoms in total. The predicted octanol–water partition coefficient (Wildman–Crippen LogP) is 3.56. The fraction of sp³-hybridized carbons (Fsp3) is 0.350. The smallest absolute Gasteiger partial charge is 0.193 e. The quantitative estimate of drug-likeness (QED) is 0.909. The van der Waals surface area contributed by atoms with Gasteiger partial charge >= 0.3 is 0 Å². The molecule has 2 aromatic rings. The normalized spacial score (nSPS) is 21.0. The highest BCUT2D eigenvalue weighted by atomic mass is 35.5. The summed E-state index contributed by atoms with van der Waals surface area (Å²) < 4.78 is 5.66. The first-order valence-electron chi connectivity index (χ1n) is 8.63. The van der Waals surface area contributed by atoms with Crippen molar-refractivity contribution < 1.29 is 9.84 Å². The summed E-state index contributed by atoms with van der Waals surface area (Å²) >= 11 is 0. The number of nitrogens with zero attached hydrogens (tertiary/aromatic N) is 2. The minimum atomic E-state index is -1.15. The predicted molar refractivity (Wildman–Crippen MR) is 102 cm³/mol. The second kappa shape index (κ2) is 7.06. The summed E-state index contributed by atoms with van der Waals surface area (Å²) in [5, 5.41) is 11.7. The minimum Gasteiger partial charge on any atom is -0.494 e. The molecule has 5 heteroatoms. The van der Waals surface area contributed by atoms with E-state index in [0.717, 1.165) is 54.2 Å². The van der Waals surface area contributed by atoms with Crippen LogP contribution in [0, 0.1) is 0 Å². The maximum atomic E-state index is 11.7. The van der Waals surface area contributed by atoms with E-state index in [1.165, 1.54) is 0 Å². The molecule has 1 N–H and O–H groups in total. The minimum absolute atomic E-state index is 0. The summed E-state index contributed by atoms with van der Waals surface area (Å²) in [6.45, 7) is 4.41. The van der Waals surface area contributed by atoms with E-state index in [9.17, 15) is 5.11 Å². The van der Waals surface area contributed by atoms with E-state index in [0.29, 0.717) is 6.61 Å². The maximum Gasteiger partial charge on any atom is 0.193 e. The number of ether oxygens (including phenoxy) is 1. The lowest BCUT2D eigenvalue weighted by Gasteiger charge is -2.37. The molecule has 0 bridgehead atoms. The molecule has 0 amide bonds. The van der Waals surface area contributed by atoms with E-state index in [1.54, 1.807) is 0 Å². The van der Waals surface area contributed by atoms with Crippen LogP contribution in [-0.2, 0) is 5.72 Å². The fourth-order valence-electron chi connectivity index (χ4n) is 3.59. The third-order valence-electron chi connectivity index (χ3n) is 4.72. The van der Waals surface area contributed by atoms with Gasteiger partial charge in [-0.25, -0.2) is 0 Å². The van der Waals surface area contributed by atoms with Gasteiger partial charge in [-0.15, -0.1) is 12.4 Å². The number of hydrogen-bond donors (Lipinski definition) is 1. The summed E-state index contributed by atoms with van der Waals surface area (Å²) in [6, 6.07) is 15.8. The Balaban J connectivity index is 0.00000182. The molecule has 0 radical (unpaired) electrons. The Labute approximate surface area is 154 Å². The Bertz CT molecular complexity index is 776. The van der Waals surface area contributed by atoms with Crippen LogP contribution in [0.1, 0.15) is 36.5 Å². The topological polar surface area (TPSA) is 45.1 Å². The largest absolute Gasteiger partial charge is 0.494 e. The lowest BCUT2D eigenvalue weighted by molar-refractivity contribution is -0.0318. The molecule has 2 aliphatic heterocycles. The molecule has 0 aromatic heterocycles. The molecule has 0 fully saturated rings. The van der Waals surface area contributed by atoms with Crippen LogP contribution in [0.25, 0.3) is 0 Å². The zero-order chi connectivity index (χ0) is 16.6. The van der Waals surface area contributed by atoms with Crippen molar-refractivity contribution in [1.82, 2.24) is 4.90 Å². The number of hydrogen-bond acceptors (Lipinski definition) is 4. The van der Waals surface area contributed by atoms with Crippen LogP contribution in [0.5, 0.6) is 5.75 Å². The van der Waals surface area contributed by atoms with Gasteiger partial charge in [0.25, 0.3) is 0 Å². The van der Waals surface area contributed by atoms with Crippen molar-refractivity contribution in [3.05, 3.63) is 65.2 Å². The zero-order valence-corrected chi connectivity index (χ0v) is 15.1. The van der Waals surface area contributed by atoms with Gasteiger partial charge in [-0.05, 0) is 25.0 Å². The Morgan fingerprint density at radius 1 is 1.16 bits per heavy atom. The Morgan fingerprint density at radius 3 is 2.68 bits per heavy atom. The highest BCUT2D eigenvalue weighted by molar-refractivity contribution is 6.04. The van der Waals surface area contributed by atoms with E-state index < -0.39 is 5.72 Å². The van der Waals surface area contributed by atoms with E-state index in [1.807, 2.05) is 53.4 Å². The van der Waals surface area contributed by atoms with E-state index in [2.05, 4.69) is 11.9 Å². The summed E-state index contributed by atoms with van der Waals surface area (Å²) in [7, 11) is 0. The first-order valence-corrected chi connectivity index (χ1v) is 8.63. The van der Waals surface area contributed by atoms with Crippen LogP contribution < -0.4 is 4.74 Å². The van der Waals surface area contributed by atoms with Gasteiger partial charge in [0, 0.05) is 29.8 Å². The van der Waals surface area contributed by atoms with Crippen molar-refractivity contribution >= 4 is 18.2 Å². The number of benzene rings is 2. The highest BCUT2D eigenvalue weighted by Crippen LogP contribution is 2.43. The van der Waals surface area contributed by atoms with Gasteiger partial charge in [-0.1, -0.05) is 43.3 Å². The molecule has 0 saturated carbocycles. The molecule has 2 heterocycles. The molecule has 132 valence electrons. The first kappa shape index (κ1) is 17.8. The zero-order valence-electron chi connectivity index (χ0n) is 14.3. The van der Waals surface area contributed by atoms with E-state index >= 15 is 0 Å². The van der Waals surface area contributed by atoms with Crippen molar-refractivity contribution in [3.8, 4) is 5.75 Å². The number of aliphatic hydroxyl groups is 1. The van der Waals surface area contributed by atoms with Gasteiger partial charge in [0.15, 0.2) is 5.72 Å². The molecule has 4 rings (SSSR count). The molecule has 1 unspecified atom stereocenters. The Kier molecular flexibility index (Phi) is 5.02. The number of aliphatic imine (C=N–C) groups is 1. The lowest BCUT2D eigenvalue weighted by atomic mass is 9.93. The molecule has 0 aliphatic carbocycles. The summed E-state index contributed by atoms with van der Waals surface area (Å²) in [4.78, 5) is 6.70. The lowest BCUT2D eigenvalue weighted by Crippen LogP contribution is -2.47. The van der Waals surface area contributed by atoms with E-state index in [4.69, 9.17) is 4.74 Å². The second-order valence-electron chi connectivity index (χ2n) is 6.30. The maximum absolute atomic E-state index is 11.7. The highest BCUT2D eigenvalue weighted by Gasteiger charge is 2.48.